The number of benzene rings is 3. The summed E-state index contributed by atoms with van der Waals surface area (Å²) in [6, 6.07) is 25.4. The first-order chi connectivity index (χ1) is 15.9. The van der Waals surface area contributed by atoms with Gasteiger partial charge in [-0.15, -0.1) is 0 Å². The molecule has 4 heteroatoms. The number of nitrogens with zero attached hydrogens (tertiary/aromatic N) is 2. The van der Waals surface area contributed by atoms with Gasteiger partial charge in [0.1, 0.15) is 18.1 Å². The molecule has 0 saturated carbocycles. The Hall–Kier alpha value is -3.53. The number of ether oxygens (including phenoxy) is 2. The molecule has 0 unspecified atom stereocenters. The van der Waals surface area contributed by atoms with Crippen molar-refractivity contribution < 1.29 is 9.47 Å². The molecule has 0 spiro atoms. The van der Waals surface area contributed by atoms with Gasteiger partial charge in [0.15, 0.2) is 0 Å². The second kappa shape index (κ2) is 8.43. The van der Waals surface area contributed by atoms with Gasteiger partial charge in [0.25, 0.3) is 0 Å². The molecule has 2 aliphatic rings. The summed E-state index contributed by atoms with van der Waals surface area (Å²) in [5.41, 5.74) is 5.89. The highest BCUT2D eigenvalue weighted by Gasteiger charge is 2.40. The molecule has 2 atom stereocenters. The second-order valence-corrected chi connectivity index (χ2v) is 9.65. The molecule has 0 amide bonds. The van der Waals surface area contributed by atoms with E-state index in [0.717, 1.165) is 34.8 Å². The van der Waals surface area contributed by atoms with Gasteiger partial charge in [0.2, 0.25) is 6.23 Å². The SMILES string of the molecule is C=CCOc1ccc(C2=NN3[C@H](C2)c2ccccc2O[C@H]3c2ccc(C(C)(C)C)cc2)cc1. The van der Waals surface area contributed by atoms with Gasteiger partial charge in [-0.2, -0.15) is 5.10 Å². The Balaban J connectivity index is 1.48. The fourth-order valence-electron chi connectivity index (χ4n) is 4.48. The third-order valence-corrected chi connectivity index (χ3v) is 6.32. The summed E-state index contributed by atoms with van der Waals surface area (Å²) in [5.74, 6) is 1.77. The molecule has 3 aromatic carbocycles. The lowest BCUT2D eigenvalue weighted by molar-refractivity contribution is -0.0190. The Morgan fingerprint density at radius 3 is 2.45 bits per heavy atom. The summed E-state index contributed by atoms with van der Waals surface area (Å²) < 4.78 is 12.1. The van der Waals surface area contributed by atoms with Crippen molar-refractivity contribution >= 4 is 5.71 Å². The first-order valence-corrected chi connectivity index (χ1v) is 11.5. The normalized spacial score (nSPS) is 19.2. The number of fused-ring (bicyclic) bond motifs is 3. The van der Waals surface area contributed by atoms with Crippen molar-refractivity contribution in [1.29, 1.82) is 0 Å². The smallest absolute Gasteiger partial charge is 0.213 e. The third-order valence-electron chi connectivity index (χ3n) is 6.32. The average Bonchev–Trinajstić information content (AvgIpc) is 3.28. The molecule has 0 bridgehead atoms. The van der Waals surface area contributed by atoms with Crippen LogP contribution in [0.3, 0.4) is 0 Å². The predicted octanol–water partition coefficient (Wildman–Crippen LogP) is 6.79. The fraction of sp³-hybridized carbons (Fsp3) is 0.276. The van der Waals surface area contributed by atoms with Crippen LogP contribution in [-0.4, -0.2) is 17.3 Å². The van der Waals surface area contributed by atoms with Crippen molar-refractivity contribution in [2.75, 3.05) is 6.61 Å². The zero-order valence-electron chi connectivity index (χ0n) is 19.5. The Morgan fingerprint density at radius 2 is 1.76 bits per heavy atom. The maximum Gasteiger partial charge on any atom is 0.213 e. The lowest BCUT2D eigenvalue weighted by Crippen LogP contribution is -2.33. The topological polar surface area (TPSA) is 34.1 Å². The van der Waals surface area contributed by atoms with Crippen LogP contribution in [0, 0.1) is 0 Å². The minimum atomic E-state index is -0.258. The van der Waals surface area contributed by atoms with E-state index < -0.39 is 0 Å². The minimum absolute atomic E-state index is 0.113. The quantitative estimate of drug-likeness (QED) is 0.411. The van der Waals surface area contributed by atoms with Crippen LogP contribution in [0.2, 0.25) is 0 Å². The summed E-state index contributed by atoms with van der Waals surface area (Å²) >= 11 is 0. The number of hydrogen-bond acceptors (Lipinski definition) is 4. The highest BCUT2D eigenvalue weighted by molar-refractivity contribution is 6.02. The van der Waals surface area contributed by atoms with Crippen molar-refractivity contribution in [2.24, 2.45) is 5.10 Å². The summed E-state index contributed by atoms with van der Waals surface area (Å²) in [5, 5.41) is 7.20. The van der Waals surface area contributed by atoms with E-state index in [1.807, 2.05) is 18.2 Å². The zero-order chi connectivity index (χ0) is 23.0. The summed E-state index contributed by atoms with van der Waals surface area (Å²) in [6.45, 7) is 10.9. The van der Waals surface area contributed by atoms with Crippen molar-refractivity contribution in [2.45, 2.75) is 44.9 Å². The highest BCUT2D eigenvalue weighted by Crippen LogP contribution is 2.47. The van der Waals surface area contributed by atoms with Gasteiger partial charge in [0.05, 0.1) is 11.8 Å². The van der Waals surface area contributed by atoms with Crippen LogP contribution in [0.15, 0.2) is 90.6 Å². The molecule has 0 aliphatic carbocycles. The molecule has 168 valence electrons. The van der Waals surface area contributed by atoms with Crippen LogP contribution in [0.5, 0.6) is 11.5 Å². The van der Waals surface area contributed by atoms with Crippen LogP contribution in [0.25, 0.3) is 0 Å². The zero-order valence-corrected chi connectivity index (χ0v) is 19.5. The third kappa shape index (κ3) is 4.13. The van der Waals surface area contributed by atoms with Crippen molar-refractivity contribution in [3.63, 3.8) is 0 Å². The molecule has 33 heavy (non-hydrogen) atoms. The lowest BCUT2D eigenvalue weighted by Gasteiger charge is -2.38. The van der Waals surface area contributed by atoms with E-state index in [-0.39, 0.29) is 17.7 Å². The van der Waals surface area contributed by atoms with Crippen LogP contribution in [-0.2, 0) is 5.41 Å². The van der Waals surface area contributed by atoms with Crippen LogP contribution in [0.1, 0.15) is 61.7 Å². The Labute approximate surface area is 196 Å². The van der Waals surface area contributed by atoms with Crippen LogP contribution < -0.4 is 9.47 Å². The minimum Gasteiger partial charge on any atom is -0.490 e. The number of para-hydroxylation sites is 1. The molecule has 2 heterocycles. The standard InChI is InChI=1S/C29H30N2O2/c1-5-18-32-23-16-12-20(13-17-23)25-19-26-24-8-6-7-9-27(24)33-28(31(26)30-25)21-10-14-22(15-11-21)29(2,3)4/h5-17,26,28H,1,18-19H2,2-4H3/t26-,28+/m1/s1. The maximum absolute atomic E-state index is 6.49. The molecule has 0 radical (unpaired) electrons. The molecule has 2 aliphatic heterocycles. The van der Waals surface area contributed by atoms with Gasteiger partial charge in [-0.1, -0.05) is 75.9 Å². The van der Waals surface area contributed by atoms with Gasteiger partial charge in [0, 0.05) is 17.5 Å². The summed E-state index contributed by atoms with van der Waals surface area (Å²) in [4.78, 5) is 0. The van der Waals surface area contributed by atoms with Crippen molar-refractivity contribution in [3.05, 3.63) is 108 Å². The highest BCUT2D eigenvalue weighted by atomic mass is 16.5. The molecule has 5 rings (SSSR count). The molecule has 0 fully saturated rings. The summed E-state index contributed by atoms with van der Waals surface area (Å²) in [7, 11) is 0. The average molecular weight is 439 g/mol. The fourth-order valence-corrected chi connectivity index (χ4v) is 4.48. The lowest BCUT2D eigenvalue weighted by atomic mass is 9.86. The molecule has 4 nitrogen and oxygen atoms in total. The van der Waals surface area contributed by atoms with E-state index in [1.165, 1.54) is 11.1 Å². The van der Waals surface area contributed by atoms with Gasteiger partial charge < -0.3 is 9.47 Å². The number of hydrazone groups is 1. The molecule has 0 N–H and O–H groups in total. The number of hydrogen-bond donors (Lipinski definition) is 0. The Kier molecular flexibility index (Phi) is 5.45. The molecule has 3 aromatic rings. The molecular formula is C29H30N2O2. The van der Waals surface area contributed by atoms with Gasteiger partial charge in [-0.25, -0.2) is 5.01 Å². The molecular weight excluding hydrogens is 408 g/mol. The maximum atomic E-state index is 6.49. The van der Waals surface area contributed by atoms with Crippen molar-refractivity contribution in [1.82, 2.24) is 5.01 Å². The van der Waals surface area contributed by atoms with E-state index in [4.69, 9.17) is 14.6 Å². The number of rotatable bonds is 5. The monoisotopic (exact) mass is 438 g/mol. The molecule has 0 saturated heterocycles. The summed E-state index contributed by atoms with van der Waals surface area (Å²) in [6.07, 6.45) is 2.33. The van der Waals surface area contributed by atoms with E-state index in [1.54, 1.807) is 6.08 Å². The molecule has 0 aromatic heterocycles. The van der Waals surface area contributed by atoms with Gasteiger partial charge in [-0.3, -0.25) is 0 Å². The van der Waals surface area contributed by atoms with Gasteiger partial charge in [-0.05, 0) is 46.9 Å². The van der Waals surface area contributed by atoms with E-state index in [2.05, 4.69) is 87.0 Å². The van der Waals surface area contributed by atoms with E-state index in [9.17, 15) is 0 Å². The van der Waals surface area contributed by atoms with Crippen LogP contribution in [0.4, 0.5) is 0 Å². The van der Waals surface area contributed by atoms with Crippen LogP contribution >= 0.6 is 0 Å². The predicted molar refractivity (Wildman–Crippen MR) is 133 cm³/mol. The second-order valence-electron chi connectivity index (χ2n) is 9.65. The van der Waals surface area contributed by atoms with E-state index >= 15 is 0 Å². The largest absolute Gasteiger partial charge is 0.490 e. The van der Waals surface area contributed by atoms with E-state index in [0.29, 0.717) is 6.61 Å². The Morgan fingerprint density at radius 1 is 1.03 bits per heavy atom. The van der Waals surface area contributed by atoms with Gasteiger partial charge >= 0.3 is 0 Å². The first kappa shape index (κ1) is 21.3. The van der Waals surface area contributed by atoms with Crippen molar-refractivity contribution in [3.8, 4) is 11.5 Å². The first-order valence-electron chi connectivity index (χ1n) is 11.5. The Bertz CT molecular complexity index is 1170.